The average molecular weight is 393 g/mol. The van der Waals surface area contributed by atoms with Crippen molar-refractivity contribution in [1.82, 2.24) is 9.88 Å². The van der Waals surface area contributed by atoms with Gasteiger partial charge in [-0.3, -0.25) is 9.98 Å². The van der Waals surface area contributed by atoms with Crippen molar-refractivity contribution in [3.63, 3.8) is 0 Å². The quantitative estimate of drug-likeness (QED) is 0.738. The van der Waals surface area contributed by atoms with Crippen LogP contribution in [0.5, 0.6) is 0 Å². The predicted molar refractivity (Wildman–Crippen MR) is 118 cm³/mol. The van der Waals surface area contributed by atoms with Gasteiger partial charge in [-0.05, 0) is 61.6 Å². The van der Waals surface area contributed by atoms with E-state index in [1.807, 2.05) is 24.0 Å². The molecule has 0 radical (unpaired) electrons. The number of pyridine rings is 1. The van der Waals surface area contributed by atoms with E-state index >= 15 is 0 Å². The molecule has 0 N–H and O–H groups in total. The van der Waals surface area contributed by atoms with E-state index in [2.05, 4.69) is 59.0 Å². The van der Waals surface area contributed by atoms with E-state index in [0.29, 0.717) is 5.25 Å². The molecule has 5 heteroatoms. The third-order valence-electron chi connectivity index (χ3n) is 6.17. The summed E-state index contributed by atoms with van der Waals surface area (Å²) in [5.41, 5.74) is 5.21. The summed E-state index contributed by atoms with van der Waals surface area (Å²) in [5, 5.41) is 1.78. The molecule has 1 aromatic carbocycles. The number of hydrogen-bond donors (Lipinski definition) is 0. The molecule has 4 nitrogen and oxygen atoms in total. The van der Waals surface area contributed by atoms with Crippen molar-refractivity contribution >= 4 is 22.6 Å². The van der Waals surface area contributed by atoms with Gasteiger partial charge in [0.1, 0.15) is 6.04 Å². The van der Waals surface area contributed by atoms with Crippen LogP contribution in [0.1, 0.15) is 55.1 Å². The Bertz CT molecular complexity index is 875. The van der Waals surface area contributed by atoms with Crippen LogP contribution in [0.4, 0.5) is 5.69 Å². The van der Waals surface area contributed by atoms with Gasteiger partial charge in [0.25, 0.3) is 0 Å². The molecule has 2 fully saturated rings. The third kappa shape index (κ3) is 3.20. The fraction of sp³-hybridized carbons (Fsp3) is 0.478. The van der Waals surface area contributed by atoms with Crippen LogP contribution in [0.15, 0.2) is 47.6 Å². The summed E-state index contributed by atoms with van der Waals surface area (Å²) in [6.07, 6.45) is 5.88. The van der Waals surface area contributed by atoms with E-state index in [-0.39, 0.29) is 12.1 Å². The van der Waals surface area contributed by atoms with Gasteiger partial charge in [0.15, 0.2) is 5.17 Å². The Kier molecular flexibility index (Phi) is 4.79. The number of piperidine rings is 1. The second-order valence-electron chi connectivity index (χ2n) is 8.23. The monoisotopic (exact) mass is 392 g/mol. The fourth-order valence-electron chi connectivity index (χ4n) is 4.79. The predicted octanol–water partition coefficient (Wildman–Crippen LogP) is 4.97. The minimum Gasteiger partial charge on any atom is -0.372 e. The van der Waals surface area contributed by atoms with Crippen molar-refractivity contribution in [3.05, 3.63) is 59.4 Å². The zero-order valence-electron chi connectivity index (χ0n) is 16.7. The maximum absolute atomic E-state index is 5.11. The van der Waals surface area contributed by atoms with Crippen LogP contribution >= 0.6 is 11.8 Å². The molecule has 3 aliphatic rings. The molecule has 28 heavy (non-hydrogen) atoms. The Hall–Kier alpha value is -2.01. The van der Waals surface area contributed by atoms with Gasteiger partial charge in [0.05, 0.1) is 11.7 Å². The first-order valence-corrected chi connectivity index (χ1v) is 11.4. The molecule has 0 amide bonds. The molecule has 5 rings (SSSR count). The van der Waals surface area contributed by atoms with Crippen LogP contribution in [0, 0.1) is 6.92 Å². The van der Waals surface area contributed by atoms with Crippen molar-refractivity contribution in [3.8, 4) is 0 Å². The minimum absolute atomic E-state index is 0.0794. The van der Waals surface area contributed by atoms with Gasteiger partial charge in [-0.15, -0.1) is 0 Å². The minimum atomic E-state index is 0.0794. The molecule has 2 aromatic rings. The van der Waals surface area contributed by atoms with Crippen LogP contribution in [-0.4, -0.2) is 39.9 Å². The number of benzene rings is 1. The van der Waals surface area contributed by atoms with E-state index in [9.17, 15) is 0 Å². The van der Waals surface area contributed by atoms with E-state index in [0.717, 1.165) is 12.2 Å². The molecule has 4 heterocycles. The lowest BCUT2D eigenvalue weighted by Crippen LogP contribution is -2.30. The second kappa shape index (κ2) is 7.43. The van der Waals surface area contributed by atoms with Crippen molar-refractivity contribution in [2.75, 3.05) is 24.5 Å². The number of aromatic nitrogens is 1. The van der Waals surface area contributed by atoms with Gasteiger partial charge in [-0.2, -0.15) is 0 Å². The molecule has 146 valence electrons. The van der Waals surface area contributed by atoms with Crippen LogP contribution in [0.25, 0.3) is 0 Å². The number of fused-ring (bicyclic) bond motifs is 1. The normalized spacial score (nSPS) is 27.1. The van der Waals surface area contributed by atoms with E-state index in [1.165, 1.54) is 54.3 Å². The molecule has 0 spiro atoms. The lowest BCUT2D eigenvalue weighted by molar-refractivity contribution is 0.320. The van der Waals surface area contributed by atoms with Crippen LogP contribution in [-0.2, 0) is 0 Å². The number of nitrogens with zero attached hydrogens (tertiary/aromatic N) is 4. The molecule has 3 unspecified atom stereocenters. The Balaban J connectivity index is 1.50. The summed E-state index contributed by atoms with van der Waals surface area (Å²) in [6.45, 7) is 8.00. The Morgan fingerprint density at radius 1 is 1.07 bits per heavy atom. The maximum Gasteiger partial charge on any atom is 0.160 e. The summed E-state index contributed by atoms with van der Waals surface area (Å²) >= 11 is 1.90. The lowest BCUT2D eigenvalue weighted by atomic mass is 9.92. The van der Waals surface area contributed by atoms with Crippen molar-refractivity contribution < 1.29 is 0 Å². The molecule has 3 aliphatic heterocycles. The van der Waals surface area contributed by atoms with Gasteiger partial charge < -0.3 is 9.80 Å². The maximum atomic E-state index is 5.11. The Morgan fingerprint density at radius 3 is 2.68 bits per heavy atom. The van der Waals surface area contributed by atoms with Crippen LogP contribution in [0.3, 0.4) is 0 Å². The molecule has 3 atom stereocenters. The molecule has 0 saturated carbocycles. The molecular weight excluding hydrogens is 364 g/mol. The molecule has 2 saturated heterocycles. The summed E-state index contributed by atoms with van der Waals surface area (Å²) in [5.74, 6) is 0. The third-order valence-corrected chi connectivity index (χ3v) is 7.28. The first-order chi connectivity index (χ1) is 13.7. The van der Waals surface area contributed by atoms with Crippen molar-refractivity contribution in [1.29, 1.82) is 0 Å². The number of aryl methyl sites for hydroxylation is 1. The molecule has 0 bridgehead atoms. The number of aliphatic imine (C=N–C) groups is 1. The Labute approximate surface area is 172 Å². The standard InChI is InChI=1S/C23H28N4S/c1-16-14-18(26-12-6-3-7-13-26)9-10-19(16)22-21(20-8-4-5-11-24-20)25-23-27(22)15-17(2)28-23/h4-5,8-11,14,17,21-22H,3,6-7,12-13,15H2,1-2H3. The van der Waals surface area contributed by atoms with Gasteiger partial charge in [0, 0.05) is 36.8 Å². The topological polar surface area (TPSA) is 31.7 Å². The summed E-state index contributed by atoms with van der Waals surface area (Å²) in [4.78, 5) is 14.8. The number of rotatable bonds is 3. The molecule has 1 aromatic heterocycles. The highest BCUT2D eigenvalue weighted by Crippen LogP contribution is 2.48. The largest absolute Gasteiger partial charge is 0.372 e. The highest BCUT2D eigenvalue weighted by atomic mass is 32.2. The van der Waals surface area contributed by atoms with Gasteiger partial charge >= 0.3 is 0 Å². The van der Waals surface area contributed by atoms with Gasteiger partial charge in [-0.25, -0.2) is 0 Å². The first kappa shape index (κ1) is 18.0. The number of hydrogen-bond acceptors (Lipinski definition) is 5. The smallest absolute Gasteiger partial charge is 0.160 e. The molecular formula is C23H28N4S. The lowest BCUT2D eigenvalue weighted by Gasteiger charge is -2.31. The van der Waals surface area contributed by atoms with Crippen LogP contribution < -0.4 is 4.90 Å². The van der Waals surface area contributed by atoms with Crippen molar-refractivity contribution in [2.24, 2.45) is 4.99 Å². The van der Waals surface area contributed by atoms with Crippen LogP contribution in [0.2, 0.25) is 0 Å². The van der Waals surface area contributed by atoms with E-state index < -0.39 is 0 Å². The number of thioether (sulfide) groups is 1. The van der Waals surface area contributed by atoms with Gasteiger partial charge in [-0.1, -0.05) is 30.8 Å². The number of amidine groups is 1. The highest BCUT2D eigenvalue weighted by Gasteiger charge is 2.43. The Morgan fingerprint density at radius 2 is 1.93 bits per heavy atom. The SMILES string of the molecule is Cc1cc(N2CCCCC2)ccc1C1C(c2ccccn2)N=C2SC(C)CN21. The number of anilines is 1. The summed E-state index contributed by atoms with van der Waals surface area (Å²) < 4.78 is 0. The zero-order chi connectivity index (χ0) is 19.1. The van der Waals surface area contributed by atoms with E-state index in [4.69, 9.17) is 4.99 Å². The summed E-state index contributed by atoms with van der Waals surface area (Å²) in [7, 11) is 0. The second-order valence-corrected chi connectivity index (χ2v) is 9.63. The fourth-order valence-corrected chi connectivity index (χ4v) is 5.89. The van der Waals surface area contributed by atoms with E-state index in [1.54, 1.807) is 0 Å². The summed E-state index contributed by atoms with van der Waals surface area (Å²) in [6, 6.07) is 13.6. The zero-order valence-corrected chi connectivity index (χ0v) is 17.5. The highest BCUT2D eigenvalue weighted by molar-refractivity contribution is 8.14. The first-order valence-electron chi connectivity index (χ1n) is 10.5. The molecule has 0 aliphatic carbocycles. The van der Waals surface area contributed by atoms with Gasteiger partial charge in [0.2, 0.25) is 0 Å². The average Bonchev–Trinajstić information content (AvgIpc) is 3.25. The van der Waals surface area contributed by atoms with Crippen molar-refractivity contribution in [2.45, 2.75) is 50.4 Å².